The van der Waals surface area contributed by atoms with E-state index < -0.39 is 4.92 Å². The molecule has 0 unspecified atom stereocenters. The van der Waals surface area contributed by atoms with Crippen molar-refractivity contribution >= 4 is 17.5 Å². The molecule has 1 saturated heterocycles. The number of nitrogens with one attached hydrogen (secondary N) is 1. The third kappa shape index (κ3) is 2.00. The first-order valence-corrected chi connectivity index (χ1v) is 5.77. The quantitative estimate of drug-likeness (QED) is 0.623. The lowest BCUT2D eigenvalue weighted by Gasteiger charge is -2.30. The highest BCUT2D eigenvalue weighted by molar-refractivity contribution is 5.58. The molecule has 1 aliphatic carbocycles. The molecule has 1 aliphatic heterocycles. The van der Waals surface area contributed by atoms with Crippen LogP contribution in [0.25, 0.3) is 0 Å². The van der Waals surface area contributed by atoms with E-state index in [1.807, 2.05) is 4.90 Å². The van der Waals surface area contributed by atoms with Crippen LogP contribution >= 0.6 is 0 Å². The molecule has 0 atom stereocenters. The molecule has 1 aromatic rings. The van der Waals surface area contributed by atoms with Gasteiger partial charge in [0, 0.05) is 19.1 Å². The SMILES string of the molecule is O=[N+]([O-])c1cnc(N2CCC2)nc1NC1CC1. The maximum absolute atomic E-state index is 10.9. The molecule has 2 fully saturated rings. The zero-order valence-electron chi connectivity index (χ0n) is 9.30. The monoisotopic (exact) mass is 235 g/mol. The number of anilines is 2. The summed E-state index contributed by atoms with van der Waals surface area (Å²) in [7, 11) is 0. The second-order valence-corrected chi connectivity index (χ2v) is 4.42. The number of aromatic nitrogens is 2. The Hall–Kier alpha value is -1.92. The first-order valence-electron chi connectivity index (χ1n) is 5.77. The highest BCUT2D eigenvalue weighted by Crippen LogP contribution is 2.30. The molecule has 2 aliphatic rings. The summed E-state index contributed by atoms with van der Waals surface area (Å²) < 4.78 is 0. The Balaban J connectivity index is 1.90. The van der Waals surface area contributed by atoms with E-state index in [1.54, 1.807) is 0 Å². The van der Waals surface area contributed by atoms with Gasteiger partial charge in [-0.1, -0.05) is 0 Å². The van der Waals surface area contributed by atoms with Gasteiger partial charge in [-0.15, -0.1) is 0 Å². The van der Waals surface area contributed by atoms with Crippen molar-refractivity contribution in [1.82, 2.24) is 9.97 Å². The summed E-state index contributed by atoms with van der Waals surface area (Å²) in [5.74, 6) is 0.944. The van der Waals surface area contributed by atoms with E-state index in [9.17, 15) is 10.1 Å². The molecule has 0 radical (unpaired) electrons. The first kappa shape index (κ1) is 10.2. The molecule has 1 N–H and O–H groups in total. The Labute approximate surface area is 98.0 Å². The van der Waals surface area contributed by atoms with Crippen molar-refractivity contribution in [3.05, 3.63) is 16.3 Å². The van der Waals surface area contributed by atoms with Gasteiger partial charge in [-0.05, 0) is 19.3 Å². The molecule has 0 bridgehead atoms. The molecular weight excluding hydrogens is 222 g/mol. The normalized spacial score (nSPS) is 18.7. The summed E-state index contributed by atoms with van der Waals surface area (Å²) in [4.78, 5) is 20.7. The maximum Gasteiger partial charge on any atom is 0.329 e. The summed E-state index contributed by atoms with van der Waals surface area (Å²) in [6.45, 7) is 1.86. The van der Waals surface area contributed by atoms with Crippen LogP contribution in [0.3, 0.4) is 0 Å². The van der Waals surface area contributed by atoms with E-state index in [0.29, 0.717) is 17.8 Å². The second-order valence-electron chi connectivity index (χ2n) is 4.42. The minimum Gasteiger partial charge on any atom is -0.361 e. The van der Waals surface area contributed by atoms with Crippen LogP contribution in [0.15, 0.2) is 6.20 Å². The Morgan fingerprint density at radius 2 is 2.24 bits per heavy atom. The largest absolute Gasteiger partial charge is 0.361 e. The van der Waals surface area contributed by atoms with Crippen LogP contribution in [0, 0.1) is 10.1 Å². The number of nitro groups is 1. The topological polar surface area (TPSA) is 84.2 Å². The van der Waals surface area contributed by atoms with Crippen molar-refractivity contribution in [2.45, 2.75) is 25.3 Å². The third-order valence-corrected chi connectivity index (χ3v) is 3.01. The number of nitrogens with zero attached hydrogens (tertiary/aromatic N) is 4. The molecule has 17 heavy (non-hydrogen) atoms. The summed E-state index contributed by atoms with van der Waals surface area (Å²) in [5, 5.41) is 14.0. The molecule has 0 aromatic carbocycles. The van der Waals surface area contributed by atoms with Gasteiger partial charge in [0.15, 0.2) is 0 Å². The summed E-state index contributed by atoms with van der Waals surface area (Å²) in [6.07, 6.45) is 4.54. The molecule has 2 heterocycles. The van der Waals surface area contributed by atoms with E-state index in [2.05, 4.69) is 15.3 Å². The van der Waals surface area contributed by atoms with Gasteiger partial charge in [0.05, 0.1) is 4.92 Å². The van der Waals surface area contributed by atoms with Gasteiger partial charge >= 0.3 is 5.69 Å². The average molecular weight is 235 g/mol. The van der Waals surface area contributed by atoms with Crippen LogP contribution in [0.1, 0.15) is 19.3 Å². The average Bonchev–Trinajstić information content (AvgIpc) is 2.99. The fourth-order valence-corrected chi connectivity index (χ4v) is 1.70. The van der Waals surface area contributed by atoms with Crippen LogP contribution in [0.2, 0.25) is 0 Å². The third-order valence-electron chi connectivity index (χ3n) is 3.01. The zero-order valence-corrected chi connectivity index (χ0v) is 9.30. The van der Waals surface area contributed by atoms with Crippen molar-refractivity contribution < 1.29 is 4.92 Å². The van der Waals surface area contributed by atoms with E-state index in [4.69, 9.17) is 0 Å². The highest BCUT2D eigenvalue weighted by Gasteiger charge is 2.28. The van der Waals surface area contributed by atoms with E-state index >= 15 is 0 Å². The van der Waals surface area contributed by atoms with Crippen molar-refractivity contribution in [2.24, 2.45) is 0 Å². The molecular formula is C10H13N5O2. The smallest absolute Gasteiger partial charge is 0.329 e. The second kappa shape index (κ2) is 3.83. The number of rotatable bonds is 4. The Kier molecular flexibility index (Phi) is 2.31. The zero-order chi connectivity index (χ0) is 11.8. The van der Waals surface area contributed by atoms with Crippen LogP contribution < -0.4 is 10.2 Å². The van der Waals surface area contributed by atoms with E-state index in [1.165, 1.54) is 6.20 Å². The standard InChI is InChI=1S/C10H13N5O2/c16-15(17)8-6-11-10(14-4-1-5-14)13-9(8)12-7-2-3-7/h6-7H,1-5H2,(H,11,12,13). The Morgan fingerprint density at radius 1 is 1.47 bits per heavy atom. The van der Waals surface area contributed by atoms with Gasteiger partial charge < -0.3 is 10.2 Å². The van der Waals surface area contributed by atoms with Gasteiger partial charge in [0.2, 0.25) is 11.8 Å². The van der Waals surface area contributed by atoms with E-state index in [0.717, 1.165) is 32.4 Å². The summed E-state index contributed by atoms with van der Waals surface area (Å²) >= 11 is 0. The molecule has 0 amide bonds. The lowest BCUT2D eigenvalue weighted by Crippen LogP contribution is -2.38. The first-order chi connectivity index (χ1) is 8.24. The molecule has 1 aromatic heterocycles. The van der Waals surface area contributed by atoms with Gasteiger partial charge in [-0.25, -0.2) is 4.98 Å². The molecule has 7 nitrogen and oxygen atoms in total. The molecule has 7 heteroatoms. The molecule has 90 valence electrons. The van der Waals surface area contributed by atoms with Crippen molar-refractivity contribution in [3.63, 3.8) is 0 Å². The fraction of sp³-hybridized carbons (Fsp3) is 0.600. The van der Waals surface area contributed by atoms with Gasteiger partial charge in [-0.2, -0.15) is 4.98 Å². The van der Waals surface area contributed by atoms with Crippen LogP contribution in [0.5, 0.6) is 0 Å². The van der Waals surface area contributed by atoms with Crippen molar-refractivity contribution in [2.75, 3.05) is 23.3 Å². The van der Waals surface area contributed by atoms with E-state index in [-0.39, 0.29) is 5.69 Å². The lowest BCUT2D eigenvalue weighted by molar-refractivity contribution is -0.384. The van der Waals surface area contributed by atoms with Gasteiger partial charge in [0.25, 0.3) is 0 Å². The Morgan fingerprint density at radius 3 is 2.76 bits per heavy atom. The van der Waals surface area contributed by atoms with Crippen molar-refractivity contribution in [1.29, 1.82) is 0 Å². The maximum atomic E-state index is 10.9. The van der Waals surface area contributed by atoms with Gasteiger partial charge in [-0.3, -0.25) is 10.1 Å². The number of hydrogen-bond donors (Lipinski definition) is 1. The highest BCUT2D eigenvalue weighted by atomic mass is 16.6. The Bertz CT molecular complexity index is 456. The molecule has 3 rings (SSSR count). The summed E-state index contributed by atoms with van der Waals surface area (Å²) in [5.41, 5.74) is -0.0406. The minimum absolute atomic E-state index is 0.0406. The predicted octanol–water partition coefficient (Wildman–Crippen LogP) is 1.17. The number of hydrogen-bond acceptors (Lipinski definition) is 6. The van der Waals surface area contributed by atoms with Crippen LogP contribution in [-0.2, 0) is 0 Å². The fourth-order valence-electron chi connectivity index (χ4n) is 1.70. The van der Waals surface area contributed by atoms with Crippen LogP contribution in [-0.4, -0.2) is 34.0 Å². The minimum atomic E-state index is -0.440. The molecule has 1 saturated carbocycles. The predicted molar refractivity (Wildman–Crippen MR) is 62.2 cm³/mol. The molecule has 0 spiro atoms. The van der Waals surface area contributed by atoms with Crippen LogP contribution in [0.4, 0.5) is 17.5 Å². The summed E-state index contributed by atoms with van der Waals surface area (Å²) in [6, 6.07) is 0.341. The lowest BCUT2D eigenvalue weighted by atomic mass is 10.2. The van der Waals surface area contributed by atoms with Crippen molar-refractivity contribution in [3.8, 4) is 0 Å². The van der Waals surface area contributed by atoms with Gasteiger partial charge in [0.1, 0.15) is 6.20 Å².